The van der Waals surface area contributed by atoms with Gasteiger partial charge in [-0.3, -0.25) is 4.79 Å². The SMILES string of the molecule is CC(NC(=O)COCC(F)(F)F)c1ccc(N)cc1. The number of ether oxygens (including phenoxy) is 1. The summed E-state index contributed by atoms with van der Waals surface area (Å²) in [6, 6.07) is 6.49. The highest BCUT2D eigenvalue weighted by molar-refractivity contribution is 5.77. The van der Waals surface area contributed by atoms with Crippen molar-refractivity contribution in [2.75, 3.05) is 18.9 Å². The predicted octanol–water partition coefficient (Wildman–Crippen LogP) is 2.02. The highest BCUT2D eigenvalue weighted by Crippen LogP contribution is 2.15. The normalized spacial score (nSPS) is 13.1. The molecule has 19 heavy (non-hydrogen) atoms. The summed E-state index contributed by atoms with van der Waals surface area (Å²) in [5.41, 5.74) is 6.92. The van der Waals surface area contributed by atoms with Gasteiger partial charge in [-0.25, -0.2) is 0 Å². The van der Waals surface area contributed by atoms with Crippen molar-refractivity contribution in [3.05, 3.63) is 29.8 Å². The molecule has 1 amide bonds. The van der Waals surface area contributed by atoms with Crippen LogP contribution in [0.3, 0.4) is 0 Å². The molecule has 0 aromatic heterocycles. The molecular weight excluding hydrogens is 261 g/mol. The molecule has 0 aliphatic heterocycles. The van der Waals surface area contributed by atoms with Gasteiger partial charge in [0.25, 0.3) is 0 Å². The smallest absolute Gasteiger partial charge is 0.399 e. The van der Waals surface area contributed by atoms with Crippen LogP contribution in [0.15, 0.2) is 24.3 Å². The molecule has 3 N–H and O–H groups in total. The van der Waals surface area contributed by atoms with Crippen LogP contribution in [-0.2, 0) is 9.53 Å². The van der Waals surface area contributed by atoms with Crippen molar-refractivity contribution in [2.45, 2.75) is 19.1 Å². The summed E-state index contributed by atoms with van der Waals surface area (Å²) < 4.78 is 39.7. The number of nitrogen functional groups attached to an aromatic ring is 1. The first-order valence-corrected chi connectivity index (χ1v) is 5.57. The zero-order valence-corrected chi connectivity index (χ0v) is 10.3. The number of carbonyl (C=O) groups is 1. The molecule has 106 valence electrons. The van der Waals surface area contributed by atoms with E-state index >= 15 is 0 Å². The van der Waals surface area contributed by atoms with Gasteiger partial charge in [-0.2, -0.15) is 13.2 Å². The van der Waals surface area contributed by atoms with Crippen LogP contribution in [0.4, 0.5) is 18.9 Å². The quantitative estimate of drug-likeness (QED) is 0.809. The van der Waals surface area contributed by atoms with E-state index in [1.807, 2.05) is 0 Å². The predicted molar refractivity (Wildman–Crippen MR) is 64.3 cm³/mol. The Morgan fingerprint density at radius 3 is 2.47 bits per heavy atom. The Bertz CT molecular complexity index is 418. The third-order valence-electron chi connectivity index (χ3n) is 2.31. The number of hydrogen-bond acceptors (Lipinski definition) is 3. The van der Waals surface area contributed by atoms with Gasteiger partial charge in [0, 0.05) is 5.69 Å². The Balaban J connectivity index is 2.38. The molecule has 1 aromatic carbocycles. The molecule has 1 aromatic rings. The minimum Gasteiger partial charge on any atom is -0.399 e. The van der Waals surface area contributed by atoms with Gasteiger partial charge in [0.15, 0.2) is 0 Å². The van der Waals surface area contributed by atoms with E-state index < -0.39 is 25.3 Å². The first kappa shape index (κ1) is 15.3. The van der Waals surface area contributed by atoms with E-state index in [0.717, 1.165) is 5.56 Å². The van der Waals surface area contributed by atoms with Crippen LogP contribution >= 0.6 is 0 Å². The summed E-state index contributed by atoms with van der Waals surface area (Å²) in [5.74, 6) is -0.603. The summed E-state index contributed by atoms with van der Waals surface area (Å²) in [4.78, 5) is 11.4. The number of amides is 1. The average Bonchev–Trinajstić information content (AvgIpc) is 2.27. The van der Waals surface area contributed by atoms with Crippen LogP contribution in [0, 0.1) is 0 Å². The van der Waals surface area contributed by atoms with Gasteiger partial charge in [-0.15, -0.1) is 0 Å². The summed E-state index contributed by atoms with van der Waals surface area (Å²) in [6.45, 7) is -0.345. The number of hydrogen-bond donors (Lipinski definition) is 2. The summed E-state index contributed by atoms with van der Waals surface area (Å²) in [6.07, 6.45) is -4.43. The number of anilines is 1. The van der Waals surface area contributed by atoms with Gasteiger partial charge >= 0.3 is 6.18 Å². The zero-order valence-electron chi connectivity index (χ0n) is 10.3. The Hall–Kier alpha value is -1.76. The van der Waals surface area contributed by atoms with Crippen molar-refractivity contribution in [1.29, 1.82) is 0 Å². The molecule has 1 unspecified atom stereocenters. The summed E-state index contributed by atoms with van der Waals surface area (Å²) in [5, 5.41) is 2.53. The van der Waals surface area contributed by atoms with Crippen molar-refractivity contribution in [2.24, 2.45) is 0 Å². The third kappa shape index (κ3) is 6.10. The van der Waals surface area contributed by atoms with E-state index in [0.29, 0.717) is 5.69 Å². The fourth-order valence-electron chi connectivity index (χ4n) is 1.41. The highest BCUT2D eigenvalue weighted by atomic mass is 19.4. The van der Waals surface area contributed by atoms with Crippen LogP contribution in [-0.4, -0.2) is 25.3 Å². The van der Waals surface area contributed by atoms with Crippen LogP contribution < -0.4 is 11.1 Å². The minimum atomic E-state index is -4.43. The Morgan fingerprint density at radius 2 is 1.95 bits per heavy atom. The molecule has 7 heteroatoms. The first-order chi connectivity index (χ1) is 8.78. The van der Waals surface area contributed by atoms with Crippen LogP contribution in [0.5, 0.6) is 0 Å². The monoisotopic (exact) mass is 276 g/mol. The van der Waals surface area contributed by atoms with Crippen molar-refractivity contribution in [3.63, 3.8) is 0 Å². The maximum absolute atomic E-state index is 11.8. The van der Waals surface area contributed by atoms with Crippen molar-refractivity contribution in [3.8, 4) is 0 Å². The second-order valence-corrected chi connectivity index (χ2v) is 4.06. The topological polar surface area (TPSA) is 64.3 Å². The lowest BCUT2D eigenvalue weighted by atomic mass is 10.1. The van der Waals surface area contributed by atoms with Gasteiger partial charge in [-0.1, -0.05) is 12.1 Å². The fraction of sp³-hybridized carbons (Fsp3) is 0.417. The maximum Gasteiger partial charge on any atom is 0.411 e. The largest absolute Gasteiger partial charge is 0.411 e. The van der Waals surface area contributed by atoms with Gasteiger partial charge < -0.3 is 15.8 Å². The van der Waals surface area contributed by atoms with E-state index in [4.69, 9.17) is 5.73 Å². The average molecular weight is 276 g/mol. The number of carbonyl (C=O) groups excluding carboxylic acids is 1. The first-order valence-electron chi connectivity index (χ1n) is 5.57. The van der Waals surface area contributed by atoms with Gasteiger partial charge in [-0.05, 0) is 24.6 Å². The molecule has 1 rings (SSSR count). The Kier molecular flexibility index (Phi) is 5.17. The number of rotatable bonds is 5. The molecule has 0 bridgehead atoms. The maximum atomic E-state index is 11.8. The number of benzene rings is 1. The van der Waals surface area contributed by atoms with Crippen molar-refractivity contribution < 1.29 is 22.7 Å². The zero-order chi connectivity index (χ0) is 14.5. The lowest BCUT2D eigenvalue weighted by Crippen LogP contribution is -2.31. The second-order valence-electron chi connectivity index (χ2n) is 4.06. The molecule has 1 atom stereocenters. The van der Waals surface area contributed by atoms with E-state index in [-0.39, 0.29) is 6.04 Å². The highest BCUT2D eigenvalue weighted by Gasteiger charge is 2.27. The van der Waals surface area contributed by atoms with Crippen LogP contribution in [0.1, 0.15) is 18.5 Å². The Morgan fingerprint density at radius 1 is 1.37 bits per heavy atom. The molecule has 0 saturated heterocycles. The summed E-state index contributed by atoms with van der Waals surface area (Å²) >= 11 is 0. The van der Waals surface area contributed by atoms with E-state index in [2.05, 4.69) is 10.1 Å². The fourth-order valence-corrected chi connectivity index (χ4v) is 1.41. The molecule has 0 aliphatic rings. The minimum absolute atomic E-state index is 0.331. The van der Waals surface area contributed by atoms with Crippen LogP contribution in [0.25, 0.3) is 0 Å². The van der Waals surface area contributed by atoms with Gasteiger partial charge in [0.1, 0.15) is 13.2 Å². The molecule has 0 aliphatic carbocycles. The molecule has 0 saturated carbocycles. The number of nitrogens with one attached hydrogen (secondary N) is 1. The standard InChI is InChI=1S/C12H15F3N2O2/c1-8(9-2-4-10(16)5-3-9)17-11(18)6-19-7-12(13,14)15/h2-5,8H,6-7,16H2,1H3,(H,17,18). The molecule has 4 nitrogen and oxygen atoms in total. The Labute approximate surface area is 108 Å². The molecule has 0 heterocycles. The lowest BCUT2D eigenvalue weighted by molar-refractivity contribution is -0.175. The van der Waals surface area contributed by atoms with E-state index in [1.165, 1.54) is 0 Å². The van der Waals surface area contributed by atoms with E-state index in [1.54, 1.807) is 31.2 Å². The van der Waals surface area contributed by atoms with Crippen molar-refractivity contribution >= 4 is 11.6 Å². The molecule has 0 fully saturated rings. The molecule has 0 radical (unpaired) electrons. The number of nitrogens with two attached hydrogens (primary N) is 1. The van der Waals surface area contributed by atoms with Crippen molar-refractivity contribution in [1.82, 2.24) is 5.32 Å². The van der Waals surface area contributed by atoms with Gasteiger partial charge in [0.2, 0.25) is 5.91 Å². The third-order valence-corrected chi connectivity index (χ3v) is 2.31. The second kappa shape index (κ2) is 6.42. The van der Waals surface area contributed by atoms with Crippen LogP contribution in [0.2, 0.25) is 0 Å². The molecule has 0 spiro atoms. The van der Waals surface area contributed by atoms with E-state index in [9.17, 15) is 18.0 Å². The molecular formula is C12H15F3N2O2. The summed E-state index contributed by atoms with van der Waals surface area (Å²) in [7, 11) is 0. The lowest BCUT2D eigenvalue weighted by Gasteiger charge is -2.15. The number of halogens is 3. The number of alkyl halides is 3. The van der Waals surface area contributed by atoms with Gasteiger partial charge in [0.05, 0.1) is 6.04 Å².